The maximum atomic E-state index is 17.3. The average Bonchev–Trinajstić information content (AvgIpc) is 1.65. The van der Waals surface area contributed by atoms with E-state index < -0.39 is 105 Å². The summed E-state index contributed by atoms with van der Waals surface area (Å²) in [7, 11) is 0. The Morgan fingerprint density at radius 3 is 1.30 bits per heavy atom. The Balaban J connectivity index is 0.809. The Labute approximate surface area is 513 Å². The van der Waals surface area contributed by atoms with E-state index in [4.69, 9.17) is 34.2 Å². The van der Waals surface area contributed by atoms with Crippen LogP contribution in [0, 0.1) is 80.0 Å². The highest BCUT2D eigenvalue weighted by atomic mass is 19.2. The number of imidazole rings is 2. The number of benzene rings is 6. The SMILES string of the molecule is CC1(C)COCC1n1c(Cc2cc(F)c(-c3cccc(OCc4ccc(C#N)cc4F)n3)cc2F)nc2ccc(C(=O)OC(=O)c3ccc4nc(Cc5cc(F)c(-c6cccc(OCc7ccc(C#N)cc7F)n6)cc5F)n(C5COCC5(C)C)c4c3F)c(F)c21. The van der Waals surface area contributed by atoms with Crippen LogP contribution in [0.1, 0.15) is 106 Å². The molecule has 0 amide bonds. The van der Waals surface area contributed by atoms with Crippen LogP contribution in [-0.2, 0) is 40.3 Å². The lowest BCUT2D eigenvalue weighted by Gasteiger charge is -2.28. The van der Waals surface area contributed by atoms with Gasteiger partial charge >= 0.3 is 11.9 Å². The molecule has 2 atom stereocenters. The van der Waals surface area contributed by atoms with Crippen molar-refractivity contribution in [2.24, 2.45) is 10.8 Å². The van der Waals surface area contributed by atoms with Crippen LogP contribution >= 0.6 is 0 Å². The maximum Gasteiger partial charge on any atom is 0.349 e. The van der Waals surface area contributed by atoms with Crippen molar-refractivity contribution in [3.8, 4) is 46.4 Å². The zero-order valence-corrected chi connectivity index (χ0v) is 48.8. The van der Waals surface area contributed by atoms with E-state index in [1.807, 2.05) is 39.8 Å². The summed E-state index contributed by atoms with van der Waals surface area (Å²) >= 11 is 0. The highest BCUT2D eigenvalue weighted by Crippen LogP contribution is 2.44. The van der Waals surface area contributed by atoms with E-state index in [0.717, 1.165) is 48.5 Å². The van der Waals surface area contributed by atoms with E-state index in [1.54, 1.807) is 0 Å². The molecule has 6 aromatic carbocycles. The minimum atomic E-state index is -1.51. The number of rotatable bonds is 16. The zero-order chi connectivity index (χ0) is 64.2. The van der Waals surface area contributed by atoms with Crippen LogP contribution in [0.2, 0.25) is 0 Å². The first kappa shape index (κ1) is 60.9. The van der Waals surface area contributed by atoms with Crippen LogP contribution in [0.25, 0.3) is 44.6 Å². The van der Waals surface area contributed by atoms with E-state index in [1.165, 1.54) is 81.9 Å². The van der Waals surface area contributed by atoms with Crippen molar-refractivity contribution in [1.82, 2.24) is 29.1 Å². The highest BCUT2D eigenvalue weighted by molar-refractivity contribution is 6.05. The third-order valence-corrected chi connectivity index (χ3v) is 16.4. The summed E-state index contributed by atoms with van der Waals surface area (Å²) in [6.45, 7) is 7.29. The van der Waals surface area contributed by atoms with E-state index >= 15 is 26.3 Å². The minimum absolute atomic E-state index is 0.000445. The first-order valence-corrected chi connectivity index (χ1v) is 28.4. The van der Waals surface area contributed by atoms with Crippen LogP contribution in [0.4, 0.5) is 35.1 Å². The largest absolute Gasteiger partial charge is 0.473 e. The fourth-order valence-electron chi connectivity index (χ4n) is 11.4. The summed E-state index contributed by atoms with van der Waals surface area (Å²) in [5.74, 6) is -10.2. The molecular weight excluding hydrogens is 1190 g/mol. The van der Waals surface area contributed by atoms with Crippen molar-refractivity contribution in [1.29, 1.82) is 10.5 Å². The van der Waals surface area contributed by atoms with E-state index in [2.05, 4.69) is 19.9 Å². The lowest BCUT2D eigenvalue weighted by atomic mass is 9.87. The number of hydrogen-bond donors (Lipinski definition) is 0. The summed E-state index contributed by atoms with van der Waals surface area (Å²) < 4.78 is 160. The fourth-order valence-corrected chi connectivity index (χ4v) is 11.4. The van der Waals surface area contributed by atoms with Gasteiger partial charge in [-0.3, -0.25) is 0 Å². The van der Waals surface area contributed by atoms with Crippen LogP contribution in [-0.4, -0.2) is 67.4 Å². The molecule has 15 nitrogen and oxygen atoms in total. The molecule has 4 aromatic heterocycles. The van der Waals surface area contributed by atoms with E-state index in [-0.39, 0.29) is 141 Å². The number of nitriles is 2. The smallest absolute Gasteiger partial charge is 0.349 e. The third-order valence-electron chi connectivity index (χ3n) is 16.4. The molecule has 0 bridgehead atoms. The molecule has 0 radical (unpaired) electrons. The van der Waals surface area contributed by atoms with Crippen LogP contribution in [0.5, 0.6) is 11.8 Å². The number of fused-ring (bicyclic) bond motifs is 2. The molecule has 91 heavy (non-hydrogen) atoms. The second-order valence-electron chi connectivity index (χ2n) is 23.4. The molecule has 2 aliphatic heterocycles. The molecule has 2 saturated heterocycles. The van der Waals surface area contributed by atoms with Crippen LogP contribution in [0.15, 0.2) is 121 Å². The molecule has 12 rings (SSSR count). The first-order chi connectivity index (χ1) is 43.6. The minimum Gasteiger partial charge on any atom is -0.473 e. The van der Waals surface area contributed by atoms with Gasteiger partial charge in [0.15, 0.2) is 11.6 Å². The quantitative estimate of drug-likeness (QED) is 0.0505. The van der Waals surface area contributed by atoms with E-state index in [9.17, 15) is 18.4 Å². The van der Waals surface area contributed by atoms with Gasteiger partial charge in [-0.05, 0) is 96.1 Å². The molecule has 2 aliphatic rings. The van der Waals surface area contributed by atoms with Gasteiger partial charge in [-0.15, -0.1) is 0 Å². The van der Waals surface area contributed by atoms with Crippen molar-refractivity contribution < 1.29 is 68.4 Å². The Morgan fingerprint density at radius 2 is 0.923 bits per heavy atom. The second-order valence-corrected chi connectivity index (χ2v) is 23.4. The fraction of sp³-hybridized carbons (Fsp3) is 0.235. The van der Waals surface area contributed by atoms with Crippen molar-refractivity contribution in [2.75, 3.05) is 26.4 Å². The van der Waals surface area contributed by atoms with Crippen molar-refractivity contribution in [2.45, 2.75) is 65.8 Å². The number of carbonyl (C=O) groups excluding carboxylic acids is 2. The Hall–Kier alpha value is -10.4. The highest BCUT2D eigenvalue weighted by Gasteiger charge is 2.42. The molecule has 2 unspecified atom stereocenters. The van der Waals surface area contributed by atoms with Crippen molar-refractivity contribution in [3.05, 3.63) is 224 Å². The summed E-state index contributed by atoms with van der Waals surface area (Å²) in [6.07, 6.45) is -0.786. The number of esters is 2. The van der Waals surface area contributed by atoms with Gasteiger partial charge in [-0.25, -0.2) is 64.6 Å². The van der Waals surface area contributed by atoms with Gasteiger partial charge in [0.2, 0.25) is 11.8 Å². The molecule has 0 spiro atoms. The van der Waals surface area contributed by atoms with E-state index in [0.29, 0.717) is 0 Å². The summed E-state index contributed by atoms with van der Waals surface area (Å²) in [4.78, 5) is 46.0. The Bertz CT molecular complexity index is 4420. The van der Waals surface area contributed by atoms with Gasteiger partial charge in [-0.2, -0.15) is 10.5 Å². The summed E-state index contributed by atoms with van der Waals surface area (Å²) in [5.41, 5.74) is -3.77. The van der Waals surface area contributed by atoms with Gasteiger partial charge < -0.3 is 32.8 Å². The summed E-state index contributed by atoms with van der Waals surface area (Å²) in [6, 6.07) is 27.2. The molecule has 6 heterocycles. The number of hydrogen-bond acceptors (Lipinski definition) is 13. The van der Waals surface area contributed by atoms with Gasteiger partial charge in [0.25, 0.3) is 0 Å². The van der Waals surface area contributed by atoms with Gasteiger partial charge in [0.05, 0.1) is 95.3 Å². The molecule has 2 fully saturated rings. The van der Waals surface area contributed by atoms with Crippen molar-refractivity contribution >= 4 is 34.0 Å². The zero-order valence-electron chi connectivity index (χ0n) is 48.8. The standard InChI is InChI=1S/C68H50F8N8O7/c1-67(2)33-87-31-55(67)83-57(23-39-21-49(73)43(25-47(39)71)51-7-5-9-59(81-51)89-29-37-13-11-35(27-77)19-45(37)69)79-53-17-15-41(61(75)63(53)83)65(85)91-66(86)42-16-18-54-64(62(42)76)84(56-32-88-34-68(56,3)4)58(80-54)24-40-22-50(74)44(26-48(40)72)52-8-6-10-60(82-52)90-30-38-14-12-36(28-78)20-46(38)70/h5-22,25-26,55-56H,23-24,29-34H2,1-4H3. The van der Waals surface area contributed by atoms with Gasteiger partial charge in [0, 0.05) is 58.1 Å². The average molecular weight is 1240 g/mol. The maximum absolute atomic E-state index is 17.3. The molecule has 460 valence electrons. The number of ether oxygens (including phenoxy) is 5. The molecular formula is C68H50F8N8O7. The number of halogens is 8. The molecule has 10 aromatic rings. The normalized spacial score (nSPS) is 15.8. The lowest BCUT2D eigenvalue weighted by molar-refractivity contribution is 0.0392. The summed E-state index contributed by atoms with van der Waals surface area (Å²) in [5, 5.41) is 18.1. The van der Waals surface area contributed by atoms with Crippen LogP contribution < -0.4 is 9.47 Å². The Kier molecular flexibility index (Phi) is 16.2. The van der Waals surface area contributed by atoms with Crippen molar-refractivity contribution in [3.63, 3.8) is 0 Å². The van der Waals surface area contributed by atoms with Crippen LogP contribution in [0.3, 0.4) is 0 Å². The second kappa shape index (κ2) is 24.2. The first-order valence-electron chi connectivity index (χ1n) is 28.4. The molecule has 0 saturated carbocycles. The third kappa shape index (κ3) is 11.8. The topological polar surface area (TPSA) is 189 Å². The molecule has 0 N–H and O–H groups in total. The molecule has 0 aliphatic carbocycles. The number of pyridine rings is 2. The monoisotopic (exact) mass is 1240 g/mol. The number of aromatic nitrogens is 6. The lowest BCUT2D eigenvalue weighted by Crippen LogP contribution is -2.27. The van der Waals surface area contributed by atoms with Gasteiger partial charge in [0.1, 0.15) is 70.8 Å². The Morgan fingerprint density at radius 1 is 0.516 bits per heavy atom. The predicted molar refractivity (Wildman–Crippen MR) is 312 cm³/mol. The number of nitrogens with zero attached hydrogens (tertiary/aromatic N) is 8. The molecule has 23 heteroatoms. The van der Waals surface area contributed by atoms with Gasteiger partial charge in [-0.1, -0.05) is 52.0 Å². The predicted octanol–water partition coefficient (Wildman–Crippen LogP) is 13.9. The number of carbonyl (C=O) groups is 2.